The largest absolute Gasteiger partial charge is 0.469 e. The number of hydrogen-bond acceptors (Lipinski definition) is 6. The summed E-state index contributed by atoms with van der Waals surface area (Å²) >= 11 is 3.25. The second-order valence-electron chi connectivity index (χ2n) is 5.43. The van der Waals surface area contributed by atoms with Gasteiger partial charge in [-0.3, -0.25) is 9.59 Å². The van der Waals surface area contributed by atoms with Crippen LogP contribution in [0.5, 0.6) is 0 Å². The second-order valence-corrected chi connectivity index (χ2v) is 7.51. The van der Waals surface area contributed by atoms with Crippen molar-refractivity contribution >= 4 is 35.0 Å². The normalized spacial score (nSPS) is 10.5. The molecule has 1 aromatic heterocycles. The predicted octanol–water partition coefficient (Wildman–Crippen LogP) is 3.82. The van der Waals surface area contributed by atoms with Crippen LogP contribution in [-0.4, -0.2) is 30.5 Å². The monoisotopic (exact) mass is 378 g/mol. The number of ether oxygens (including phenoxy) is 1. The number of thiazole rings is 1. The first-order chi connectivity index (χ1) is 12.1. The van der Waals surface area contributed by atoms with Crippen molar-refractivity contribution in [2.24, 2.45) is 0 Å². The molecule has 7 heteroatoms. The smallest absolute Gasteiger partial charge is 0.305 e. The van der Waals surface area contributed by atoms with E-state index in [2.05, 4.69) is 15.0 Å². The van der Waals surface area contributed by atoms with E-state index >= 15 is 0 Å². The van der Waals surface area contributed by atoms with Crippen molar-refractivity contribution in [1.29, 1.82) is 0 Å². The number of hydrogen-bond donors (Lipinski definition) is 1. The molecule has 2 rings (SSSR count). The highest BCUT2D eigenvalue weighted by Crippen LogP contribution is 2.26. The van der Waals surface area contributed by atoms with Crippen LogP contribution in [0.15, 0.2) is 34.5 Å². The number of nitrogens with one attached hydrogen (secondary N) is 1. The number of esters is 1. The molecule has 25 heavy (non-hydrogen) atoms. The van der Waals surface area contributed by atoms with Gasteiger partial charge in [-0.1, -0.05) is 12.1 Å². The van der Waals surface area contributed by atoms with Gasteiger partial charge in [0.05, 0.1) is 23.4 Å². The van der Waals surface area contributed by atoms with E-state index in [4.69, 9.17) is 0 Å². The highest BCUT2D eigenvalue weighted by atomic mass is 32.2. The topological polar surface area (TPSA) is 68.3 Å². The molecular weight excluding hydrogens is 356 g/mol. The van der Waals surface area contributed by atoms with E-state index in [0.29, 0.717) is 24.9 Å². The number of unbranched alkanes of at least 4 members (excludes halogenated alkanes) is 1. The van der Waals surface area contributed by atoms with Gasteiger partial charge in [-0.05, 0) is 31.9 Å². The molecule has 1 aromatic carbocycles. The zero-order valence-electron chi connectivity index (χ0n) is 14.4. The molecule has 0 aliphatic rings. The molecule has 0 spiro atoms. The maximum absolute atomic E-state index is 12.4. The molecule has 134 valence electrons. The summed E-state index contributed by atoms with van der Waals surface area (Å²) in [7, 11) is 1.38. The Balaban J connectivity index is 1.84. The molecule has 0 saturated carbocycles. The number of thioether (sulfide) groups is 1. The molecule has 2 aromatic rings. The maximum Gasteiger partial charge on any atom is 0.305 e. The molecule has 0 unspecified atom stereocenters. The van der Waals surface area contributed by atoms with Gasteiger partial charge in [0, 0.05) is 29.0 Å². The number of aryl methyl sites for hydroxylation is 1. The van der Waals surface area contributed by atoms with Crippen molar-refractivity contribution in [3.63, 3.8) is 0 Å². The molecule has 0 saturated heterocycles. The molecular formula is C18H22N2O3S2. The van der Waals surface area contributed by atoms with Gasteiger partial charge >= 0.3 is 5.97 Å². The van der Waals surface area contributed by atoms with Gasteiger partial charge in [-0.2, -0.15) is 0 Å². The Bertz CT molecular complexity index is 716. The highest BCUT2D eigenvalue weighted by molar-refractivity contribution is 7.98. The Morgan fingerprint density at radius 2 is 2.08 bits per heavy atom. The van der Waals surface area contributed by atoms with Crippen molar-refractivity contribution in [2.75, 3.05) is 13.7 Å². The van der Waals surface area contributed by atoms with E-state index in [0.717, 1.165) is 27.8 Å². The third-order valence-electron chi connectivity index (χ3n) is 3.49. The van der Waals surface area contributed by atoms with Gasteiger partial charge in [0.15, 0.2) is 0 Å². The fourth-order valence-corrected chi connectivity index (χ4v) is 3.86. The number of nitrogens with zero attached hydrogens (tertiary/aromatic N) is 1. The molecule has 0 atom stereocenters. The summed E-state index contributed by atoms with van der Waals surface area (Å²) in [5, 5.41) is 6.01. The van der Waals surface area contributed by atoms with E-state index in [1.807, 2.05) is 36.6 Å². The number of rotatable bonds is 9. The summed E-state index contributed by atoms with van der Waals surface area (Å²) < 4.78 is 4.59. The lowest BCUT2D eigenvalue weighted by atomic mass is 10.2. The molecule has 1 amide bonds. The average Bonchev–Trinajstić information content (AvgIpc) is 3.04. The molecule has 0 fully saturated rings. The third-order valence-corrected chi connectivity index (χ3v) is 5.42. The summed E-state index contributed by atoms with van der Waals surface area (Å²) in [4.78, 5) is 28.8. The summed E-state index contributed by atoms with van der Waals surface area (Å²) in [5.74, 6) is 0.439. The van der Waals surface area contributed by atoms with Gasteiger partial charge in [0.2, 0.25) is 0 Å². The maximum atomic E-state index is 12.4. The Morgan fingerprint density at radius 3 is 2.80 bits per heavy atom. The average molecular weight is 379 g/mol. The summed E-state index contributed by atoms with van der Waals surface area (Å²) in [6, 6.07) is 7.58. The van der Waals surface area contributed by atoms with Crippen LogP contribution in [0.2, 0.25) is 0 Å². The van der Waals surface area contributed by atoms with Gasteiger partial charge in [-0.25, -0.2) is 4.98 Å². The lowest BCUT2D eigenvalue weighted by Gasteiger charge is -2.09. The van der Waals surface area contributed by atoms with E-state index in [1.165, 1.54) is 7.11 Å². The second kappa shape index (κ2) is 10.2. The first-order valence-corrected chi connectivity index (χ1v) is 9.94. The van der Waals surface area contributed by atoms with Crippen molar-refractivity contribution in [3.8, 4) is 0 Å². The first-order valence-electron chi connectivity index (χ1n) is 8.08. The number of benzene rings is 1. The van der Waals surface area contributed by atoms with Crippen LogP contribution in [0.1, 0.15) is 40.3 Å². The minimum Gasteiger partial charge on any atom is -0.469 e. The van der Waals surface area contributed by atoms with Crippen molar-refractivity contribution in [3.05, 3.63) is 45.9 Å². The zero-order valence-corrected chi connectivity index (χ0v) is 16.0. The van der Waals surface area contributed by atoms with Gasteiger partial charge in [-0.15, -0.1) is 23.1 Å². The van der Waals surface area contributed by atoms with Crippen LogP contribution in [0.25, 0.3) is 0 Å². The number of carbonyl (C=O) groups excluding carboxylic acids is 2. The minimum absolute atomic E-state index is 0.0874. The van der Waals surface area contributed by atoms with E-state index in [9.17, 15) is 9.59 Å². The zero-order chi connectivity index (χ0) is 18.1. The van der Waals surface area contributed by atoms with Crippen LogP contribution < -0.4 is 5.32 Å². The SMILES string of the molecule is COC(=O)CCCCNC(=O)c1ccccc1SCc1csc(C)n1. The van der Waals surface area contributed by atoms with Crippen LogP contribution in [0.4, 0.5) is 0 Å². The molecule has 0 aliphatic heterocycles. The van der Waals surface area contributed by atoms with E-state index in [-0.39, 0.29) is 11.9 Å². The quantitative estimate of drug-likeness (QED) is 0.408. The van der Waals surface area contributed by atoms with Gasteiger partial charge < -0.3 is 10.1 Å². The van der Waals surface area contributed by atoms with Gasteiger partial charge in [0.25, 0.3) is 5.91 Å². The van der Waals surface area contributed by atoms with Crippen molar-refractivity contribution in [1.82, 2.24) is 10.3 Å². The minimum atomic E-state index is -0.217. The number of methoxy groups -OCH3 is 1. The Morgan fingerprint density at radius 1 is 1.28 bits per heavy atom. The van der Waals surface area contributed by atoms with Crippen LogP contribution >= 0.6 is 23.1 Å². The Kier molecular flexibility index (Phi) is 7.94. The number of amides is 1. The third kappa shape index (κ3) is 6.51. The van der Waals surface area contributed by atoms with E-state index < -0.39 is 0 Å². The van der Waals surface area contributed by atoms with E-state index in [1.54, 1.807) is 23.1 Å². The lowest BCUT2D eigenvalue weighted by Crippen LogP contribution is -2.25. The molecule has 0 radical (unpaired) electrons. The highest BCUT2D eigenvalue weighted by Gasteiger charge is 2.11. The number of aromatic nitrogens is 1. The van der Waals surface area contributed by atoms with Crippen molar-refractivity contribution < 1.29 is 14.3 Å². The Hall–Kier alpha value is -1.86. The van der Waals surface area contributed by atoms with Crippen LogP contribution in [0, 0.1) is 6.92 Å². The standard InChI is InChI=1S/C18H22N2O3S2/c1-13-20-14(11-24-13)12-25-16-8-4-3-7-15(16)18(22)19-10-6-5-9-17(21)23-2/h3-4,7-8,11H,5-6,9-10,12H2,1-2H3,(H,19,22). The van der Waals surface area contributed by atoms with Crippen molar-refractivity contribution in [2.45, 2.75) is 36.8 Å². The molecule has 1 N–H and O–H groups in total. The molecule has 1 heterocycles. The van der Waals surface area contributed by atoms with Crippen LogP contribution in [0.3, 0.4) is 0 Å². The number of carbonyl (C=O) groups is 2. The van der Waals surface area contributed by atoms with Gasteiger partial charge in [0.1, 0.15) is 0 Å². The van der Waals surface area contributed by atoms with Crippen LogP contribution in [-0.2, 0) is 15.3 Å². The summed E-state index contributed by atoms with van der Waals surface area (Å²) in [5.41, 5.74) is 1.71. The molecule has 0 aliphatic carbocycles. The summed E-state index contributed by atoms with van der Waals surface area (Å²) in [6.07, 6.45) is 1.83. The molecule has 0 bridgehead atoms. The first kappa shape index (κ1) is 19.5. The fourth-order valence-electron chi connectivity index (χ4n) is 2.20. The summed E-state index contributed by atoms with van der Waals surface area (Å²) in [6.45, 7) is 2.53. The Labute approximate surface area is 156 Å². The molecule has 5 nitrogen and oxygen atoms in total. The fraction of sp³-hybridized carbons (Fsp3) is 0.389. The lowest BCUT2D eigenvalue weighted by molar-refractivity contribution is -0.140. The predicted molar refractivity (Wildman–Crippen MR) is 101 cm³/mol.